The van der Waals surface area contributed by atoms with Gasteiger partial charge in [-0.2, -0.15) is 0 Å². The van der Waals surface area contributed by atoms with E-state index in [0.717, 1.165) is 0 Å². The molecule has 3 amide bonds. The van der Waals surface area contributed by atoms with Crippen molar-refractivity contribution in [2.75, 3.05) is 25.5 Å². The molecule has 8 heteroatoms. The molecule has 0 saturated carbocycles. The number of ether oxygens (including phenoxy) is 1. The second kappa shape index (κ2) is 10.8. The van der Waals surface area contributed by atoms with Gasteiger partial charge in [-0.25, -0.2) is 0 Å². The van der Waals surface area contributed by atoms with Crippen LogP contribution < -0.4 is 15.4 Å². The molecule has 0 bridgehead atoms. The Morgan fingerprint density at radius 2 is 1.86 bits per heavy atom. The zero-order chi connectivity index (χ0) is 20.4. The Balaban J connectivity index is 1.83. The summed E-state index contributed by atoms with van der Waals surface area (Å²) in [5, 5.41) is 5.21. The number of hydrogen-bond acceptors (Lipinski definition) is 5. The van der Waals surface area contributed by atoms with Gasteiger partial charge < -0.3 is 24.7 Å². The number of benzene rings is 1. The Kier molecular flexibility index (Phi) is 8.08. The highest BCUT2D eigenvalue weighted by Gasteiger charge is 2.18. The lowest BCUT2D eigenvalue weighted by molar-refractivity contribution is -0.137. The van der Waals surface area contributed by atoms with Crippen molar-refractivity contribution in [3.05, 3.63) is 48.4 Å². The predicted molar refractivity (Wildman–Crippen MR) is 104 cm³/mol. The molecule has 2 aromatic rings. The van der Waals surface area contributed by atoms with Gasteiger partial charge in [0.05, 0.1) is 26.5 Å². The molecule has 0 spiro atoms. The number of amides is 3. The zero-order valence-corrected chi connectivity index (χ0v) is 16.1. The van der Waals surface area contributed by atoms with Gasteiger partial charge in [0.1, 0.15) is 18.1 Å². The maximum atomic E-state index is 12.3. The first-order valence-corrected chi connectivity index (χ1v) is 9.02. The summed E-state index contributed by atoms with van der Waals surface area (Å²) in [5.41, 5.74) is 0.595. The second-order valence-corrected chi connectivity index (χ2v) is 6.13. The quantitative estimate of drug-likeness (QED) is 0.651. The Labute approximate surface area is 163 Å². The van der Waals surface area contributed by atoms with Gasteiger partial charge in [0.15, 0.2) is 0 Å². The van der Waals surface area contributed by atoms with Crippen molar-refractivity contribution in [1.82, 2.24) is 10.2 Å². The van der Waals surface area contributed by atoms with E-state index in [1.807, 2.05) is 6.92 Å². The third-order valence-corrected chi connectivity index (χ3v) is 3.90. The summed E-state index contributed by atoms with van der Waals surface area (Å²) in [6.07, 6.45) is 2.53. The van der Waals surface area contributed by atoms with Crippen molar-refractivity contribution in [3.8, 4) is 5.75 Å². The lowest BCUT2D eigenvalue weighted by Gasteiger charge is -2.21. The summed E-state index contributed by atoms with van der Waals surface area (Å²) in [7, 11) is 1.56. The van der Waals surface area contributed by atoms with Crippen molar-refractivity contribution in [3.63, 3.8) is 0 Å². The molecule has 1 aromatic carbocycles. The van der Waals surface area contributed by atoms with Gasteiger partial charge in [-0.15, -0.1) is 0 Å². The minimum atomic E-state index is -0.416. The molecule has 0 saturated heterocycles. The fourth-order valence-electron chi connectivity index (χ4n) is 2.48. The smallest absolute Gasteiger partial charge is 0.243 e. The van der Waals surface area contributed by atoms with E-state index < -0.39 is 5.91 Å². The minimum absolute atomic E-state index is 0.142. The molecule has 28 heavy (non-hydrogen) atoms. The van der Waals surface area contributed by atoms with Crippen LogP contribution in [-0.4, -0.2) is 42.8 Å². The predicted octanol–water partition coefficient (Wildman–Crippen LogP) is 2.17. The van der Waals surface area contributed by atoms with Crippen LogP contribution in [0.25, 0.3) is 0 Å². The number of nitrogens with zero attached hydrogens (tertiary/aromatic N) is 1. The van der Waals surface area contributed by atoms with E-state index in [9.17, 15) is 14.4 Å². The average molecular weight is 387 g/mol. The number of methoxy groups -OCH3 is 1. The van der Waals surface area contributed by atoms with Crippen molar-refractivity contribution in [2.24, 2.45) is 0 Å². The first-order chi connectivity index (χ1) is 13.5. The van der Waals surface area contributed by atoms with Crippen LogP contribution in [0.2, 0.25) is 0 Å². The molecule has 0 atom stereocenters. The largest absolute Gasteiger partial charge is 0.497 e. The third kappa shape index (κ3) is 6.79. The van der Waals surface area contributed by atoms with E-state index in [0.29, 0.717) is 30.0 Å². The number of anilines is 1. The highest BCUT2D eigenvalue weighted by Crippen LogP contribution is 2.14. The summed E-state index contributed by atoms with van der Waals surface area (Å²) in [5.74, 6) is 0.350. The van der Waals surface area contributed by atoms with Crippen LogP contribution in [0, 0.1) is 0 Å². The molecule has 8 nitrogen and oxygen atoms in total. The molecule has 0 unspecified atom stereocenters. The van der Waals surface area contributed by atoms with Crippen LogP contribution in [0.15, 0.2) is 47.1 Å². The van der Waals surface area contributed by atoms with Gasteiger partial charge in [0, 0.05) is 12.1 Å². The van der Waals surface area contributed by atoms with E-state index in [1.54, 1.807) is 43.5 Å². The Morgan fingerprint density at radius 1 is 1.11 bits per heavy atom. The van der Waals surface area contributed by atoms with E-state index >= 15 is 0 Å². The lowest BCUT2D eigenvalue weighted by Crippen LogP contribution is -2.42. The molecule has 2 rings (SSSR count). The van der Waals surface area contributed by atoms with E-state index in [1.165, 1.54) is 11.2 Å². The first-order valence-electron chi connectivity index (χ1n) is 9.02. The van der Waals surface area contributed by atoms with Crippen molar-refractivity contribution in [2.45, 2.75) is 26.3 Å². The summed E-state index contributed by atoms with van der Waals surface area (Å²) >= 11 is 0. The lowest BCUT2D eigenvalue weighted by atomic mass is 10.2. The van der Waals surface area contributed by atoms with E-state index in [4.69, 9.17) is 9.15 Å². The maximum absolute atomic E-state index is 12.3. The van der Waals surface area contributed by atoms with Crippen molar-refractivity contribution >= 4 is 23.4 Å². The topological polar surface area (TPSA) is 101 Å². The second-order valence-electron chi connectivity index (χ2n) is 6.13. The molecular formula is C20H25N3O5. The number of furan rings is 1. The molecule has 1 aromatic heterocycles. The SMILES string of the molecule is CCCC(=O)N(CC(=O)NCC(=O)Nc1ccc(OC)cc1)Cc1ccco1. The normalized spacial score (nSPS) is 10.2. The first kappa shape index (κ1) is 21.0. The summed E-state index contributed by atoms with van der Waals surface area (Å²) in [6.45, 7) is 1.76. The Hall–Kier alpha value is -3.29. The Morgan fingerprint density at radius 3 is 2.46 bits per heavy atom. The molecule has 1 heterocycles. The Bertz CT molecular complexity index is 772. The monoisotopic (exact) mass is 387 g/mol. The number of nitrogens with one attached hydrogen (secondary N) is 2. The number of hydrogen-bond donors (Lipinski definition) is 2. The van der Waals surface area contributed by atoms with Gasteiger partial charge in [0.2, 0.25) is 17.7 Å². The average Bonchev–Trinajstić information content (AvgIpc) is 3.20. The summed E-state index contributed by atoms with van der Waals surface area (Å²) in [4.78, 5) is 37.9. The van der Waals surface area contributed by atoms with Crippen LogP contribution >= 0.6 is 0 Å². The molecule has 0 radical (unpaired) electrons. The van der Waals surface area contributed by atoms with Crippen LogP contribution in [0.4, 0.5) is 5.69 Å². The summed E-state index contributed by atoms with van der Waals surface area (Å²) in [6, 6.07) is 10.3. The molecule has 0 aliphatic heterocycles. The maximum Gasteiger partial charge on any atom is 0.243 e. The van der Waals surface area contributed by atoms with Crippen LogP contribution in [-0.2, 0) is 20.9 Å². The zero-order valence-electron chi connectivity index (χ0n) is 16.1. The summed E-state index contributed by atoms with van der Waals surface area (Å²) < 4.78 is 10.3. The molecule has 150 valence electrons. The fraction of sp³-hybridized carbons (Fsp3) is 0.350. The molecule has 2 N–H and O–H groups in total. The van der Waals surface area contributed by atoms with Crippen LogP contribution in [0.1, 0.15) is 25.5 Å². The fourth-order valence-corrected chi connectivity index (χ4v) is 2.48. The van der Waals surface area contributed by atoms with Crippen molar-refractivity contribution in [1.29, 1.82) is 0 Å². The van der Waals surface area contributed by atoms with E-state index in [2.05, 4.69) is 10.6 Å². The van der Waals surface area contributed by atoms with Crippen LogP contribution in [0.5, 0.6) is 5.75 Å². The highest BCUT2D eigenvalue weighted by molar-refractivity contribution is 5.95. The molecular weight excluding hydrogens is 362 g/mol. The van der Waals surface area contributed by atoms with Gasteiger partial charge in [-0.05, 0) is 42.8 Å². The van der Waals surface area contributed by atoms with Crippen LogP contribution in [0.3, 0.4) is 0 Å². The third-order valence-electron chi connectivity index (χ3n) is 3.90. The number of carbonyl (C=O) groups is 3. The van der Waals surface area contributed by atoms with Gasteiger partial charge in [-0.3, -0.25) is 14.4 Å². The van der Waals surface area contributed by atoms with E-state index in [-0.39, 0.29) is 31.4 Å². The van der Waals surface area contributed by atoms with Crippen molar-refractivity contribution < 1.29 is 23.5 Å². The highest BCUT2D eigenvalue weighted by atomic mass is 16.5. The molecule has 0 aliphatic carbocycles. The minimum Gasteiger partial charge on any atom is -0.497 e. The molecule has 0 fully saturated rings. The van der Waals surface area contributed by atoms with Gasteiger partial charge in [0.25, 0.3) is 0 Å². The van der Waals surface area contributed by atoms with Gasteiger partial charge >= 0.3 is 0 Å². The number of rotatable bonds is 10. The molecule has 0 aliphatic rings. The van der Waals surface area contributed by atoms with Gasteiger partial charge in [-0.1, -0.05) is 6.92 Å². The standard InChI is InChI=1S/C20H25N3O5/c1-3-5-20(26)23(13-17-6-4-11-28-17)14-19(25)21-12-18(24)22-15-7-9-16(27-2)10-8-15/h4,6-11H,3,5,12-14H2,1-2H3,(H,21,25)(H,22,24). The number of carbonyl (C=O) groups excluding carboxylic acids is 3.